The molecular formula is C13H18N2O3. The molecule has 0 aliphatic carbocycles. The Morgan fingerprint density at radius 2 is 1.89 bits per heavy atom. The average molecular weight is 250 g/mol. The van der Waals surface area contributed by atoms with Crippen LogP contribution in [-0.4, -0.2) is 34.9 Å². The number of aliphatic hydroxyl groups is 2. The highest BCUT2D eigenvalue weighted by molar-refractivity contribution is 5.92. The van der Waals surface area contributed by atoms with Gasteiger partial charge in [-0.3, -0.25) is 4.79 Å². The smallest absolute Gasteiger partial charge is 0.244 e. The largest absolute Gasteiger partial charge is 0.399 e. The van der Waals surface area contributed by atoms with Crippen molar-refractivity contribution < 1.29 is 15.0 Å². The molecule has 5 nitrogen and oxygen atoms in total. The number of hydrogen-bond donors (Lipinski definition) is 4. The van der Waals surface area contributed by atoms with E-state index in [4.69, 9.17) is 15.9 Å². The highest BCUT2D eigenvalue weighted by atomic mass is 16.3. The second-order valence-corrected chi connectivity index (χ2v) is 4.37. The van der Waals surface area contributed by atoms with Crippen LogP contribution in [0, 0.1) is 0 Å². The molecule has 0 aliphatic rings. The van der Waals surface area contributed by atoms with Crippen LogP contribution in [0.5, 0.6) is 0 Å². The van der Waals surface area contributed by atoms with Crippen LogP contribution < -0.4 is 11.1 Å². The number of rotatable bonds is 5. The normalized spacial score (nSPS) is 11.7. The van der Waals surface area contributed by atoms with Crippen molar-refractivity contribution in [2.75, 3.05) is 18.9 Å². The van der Waals surface area contributed by atoms with Crippen LogP contribution in [0.3, 0.4) is 0 Å². The van der Waals surface area contributed by atoms with Gasteiger partial charge in [0.15, 0.2) is 0 Å². The third-order valence-electron chi connectivity index (χ3n) is 2.49. The summed E-state index contributed by atoms with van der Waals surface area (Å²) < 4.78 is 0. The fourth-order valence-electron chi connectivity index (χ4n) is 1.25. The summed E-state index contributed by atoms with van der Waals surface area (Å²) in [7, 11) is 0. The monoisotopic (exact) mass is 250 g/mol. The topological polar surface area (TPSA) is 95.6 Å². The van der Waals surface area contributed by atoms with Crippen LogP contribution >= 0.6 is 0 Å². The van der Waals surface area contributed by atoms with Gasteiger partial charge in [0, 0.05) is 11.8 Å². The van der Waals surface area contributed by atoms with Gasteiger partial charge in [-0.2, -0.15) is 0 Å². The summed E-state index contributed by atoms with van der Waals surface area (Å²) in [5, 5.41) is 20.6. The van der Waals surface area contributed by atoms with E-state index in [0.29, 0.717) is 5.69 Å². The lowest BCUT2D eigenvalue weighted by Crippen LogP contribution is -2.51. The molecule has 0 saturated carbocycles. The predicted octanol–water partition coefficient (Wildman–Crippen LogP) is 0.141. The summed E-state index contributed by atoms with van der Waals surface area (Å²) in [6.45, 7) is 0.901. The van der Waals surface area contributed by atoms with Gasteiger partial charge in [0.2, 0.25) is 5.91 Å². The van der Waals surface area contributed by atoms with Gasteiger partial charge in [0.05, 0.1) is 18.8 Å². The number of carbonyl (C=O) groups excluding carboxylic acids is 1. The lowest BCUT2D eigenvalue weighted by atomic mass is 10.1. The van der Waals surface area contributed by atoms with E-state index in [-0.39, 0.29) is 19.1 Å². The van der Waals surface area contributed by atoms with E-state index in [0.717, 1.165) is 5.56 Å². The third-order valence-corrected chi connectivity index (χ3v) is 2.49. The molecule has 0 atom stereocenters. The minimum Gasteiger partial charge on any atom is -0.399 e. The van der Waals surface area contributed by atoms with E-state index in [1.165, 1.54) is 6.08 Å². The Hall–Kier alpha value is -1.85. The summed E-state index contributed by atoms with van der Waals surface area (Å²) in [6.07, 6.45) is 2.97. The molecule has 5 heteroatoms. The fraction of sp³-hybridized carbons (Fsp3) is 0.308. The second-order valence-electron chi connectivity index (χ2n) is 4.37. The van der Waals surface area contributed by atoms with Gasteiger partial charge in [0.1, 0.15) is 0 Å². The molecule has 0 spiro atoms. The molecular weight excluding hydrogens is 232 g/mol. The summed E-state index contributed by atoms with van der Waals surface area (Å²) in [4.78, 5) is 11.6. The van der Waals surface area contributed by atoms with Crippen LogP contribution in [0.1, 0.15) is 12.5 Å². The van der Waals surface area contributed by atoms with Crippen LogP contribution in [0.4, 0.5) is 5.69 Å². The Labute approximate surface area is 106 Å². The van der Waals surface area contributed by atoms with Crippen LogP contribution in [0.2, 0.25) is 0 Å². The van der Waals surface area contributed by atoms with Gasteiger partial charge >= 0.3 is 0 Å². The predicted molar refractivity (Wildman–Crippen MR) is 70.6 cm³/mol. The van der Waals surface area contributed by atoms with Crippen LogP contribution in [0.25, 0.3) is 6.08 Å². The molecule has 98 valence electrons. The van der Waals surface area contributed by atoms with Crippen LogP contribution in [-0.2, 0) is 4.79 Å². The fourth-order valence-corrected chi connectivity index (χ4v) is 1.25. The number of aliphatic hydroxyl groups excluding tert-OH is 2. The lowest BCUT2D eigenvalue weighted by molar-refractivity contribution is -0.119. The maximum Gasteiger partial charge on any atom is 0.244 e. The minimum absolute atomic E-state index is 0.328. The van der Waals surface area contributed by atoms with Crippen molar-refractivity contribution in [2.45, 2.75) is 12.5 Å². The first-order valence-electron chi connectivity index (χ1n) is 5.56. The van der Waals surface area contributed by atoms with Gasteiger partial charge < -0.3 is 21.3 Å². The van der Waals surface area contributed by atoms with Gasteiger partial charge in [-0.25, -0.2) is 0 Å². The van der Waals surface area contributed by atoms with E-state index >= 15 is 0 Å². The van der Waals surface area contributed by atoms with Crippen molar-refractivity contribution in [3.63, 3.8) is 0 Å². The molecule has 1 amide bonds. The molecule has 0 unspecified atom stereocenters. The first-order valence-corrected chi connectivity index (χ1v) is 5.56. The van der Waals surface area contributed by atoms with Crippen molar-refractivity contribution in [1.82, 2.24) is 5.32 Å². The number of hydrogen-bond acceptors (Lipinski definition) is 4. The maximum atomic E-state index is 11.6. The molecule has 1 aromatic carbocycles. The number of carbonyl (C=O) groups is 1. The van der Waals surface area contributed by atoms with Crippen molar-refractivity contribution in [3.8, 4) is 0 Å². The van der Waals surface area contributed by atoms with Crippen molar-refractivity contribution in [2.24, 2.45) is 0 Å². The number of benzene rings is 1. The van der Waals surface area contributed by atoms with Gasteiger partial charge in [-0.1, -0.05) is 12.1 Å². The molecule has 0 fully saturated rings. The quantitative estimate of drug-likeness (QED) is 0.441. The Kier molecular flexibility index (Phi) is 4.88. The molecule has 0 aliphatic heterocycles. The molecule has 1 aromatic rings. The molecule has 0 aromatic heterocycles. The molecule has 0 saturated heterocycles. The second kappa shape index (κ2) is 6.18. The zero-order chi connectivity index (χ0) is 13.6. The van der Waals surface area contributed by atoms with E-state index in [2.05, 4.69) is 5.32 Å². The van der Waals surface area contributed by atoms with E-state index < -0.39 is 5.54 Å². The van der Waals surface area contributed by atoms with Gasteiger partial charge in [-0.05, 0) is 30.7 Å². The standard InChI is InChI=1S/C13H18N2O3/c1-13(8-16,9-17)15-12(18)7-4-10-2-5-11(14)6-3-10/h2-7,16-17H,8-9,14H2,1H3,(H,15,18)/b7-4+. The summed E-state index contributed by atoms with van der Waals surface area (Å²) in [5.41, 5.74) is 6.03. The van der Waals surface area contributed by atoms with Crippen molar-refractivity contribution in [1.29, 1.82) is 0 Å². The highest BCUT2D eigenvalue weighted by Gasteiger charge is 2.23. The first kappa shape index (κ1) is 14.2. The summed E-state index contributed by atoms with van der Waals surface area (Å²) in [6, 6.07) is 7.05. The highest BCUT2D eigenvalue weighted by Crippen LogP contribution is 2.07. The lowest BCUT2D eigenvalue weighted by Gasteiger charge is -2.25. The Morgan fingerprint density at radius 1 is 1.33 bits per heavy atom. The molecule has 0 radical (unpaired) electrons. The Bertz CT molecular complexity index is 422. The number of amides is 1. The molecule has 0 bridgehead atoms. The summed E-state index contributed by atoms with van der Waals surface area (Å²) in [5.74, 6) is -0.377. The number of nitrogens with two attached hydrogens (primary N) is 1. The van der Waals surface area contributed by atoms with E-state index in [1.807, 2.05) is 0 Å². The first-order chi connectivity index (χ1) is 8.49. The van der Waals surface area contributed by atoms with Crippen molar-refractivity contribution >= 4 is 17.7 Å². The minimum atomic E-state index is -1.01. The van der Waals surface area contributed by atoms with E-state index in [1.54, 1.807) is 37.3 Å². The molecule has 5 N–H and O–H groups in total. The molecule has 1 rings (SSSR count). The summed E-state index contributed by atoms with van der Waals surface area (Å²) >= 11 is 0. The number of nitrogen functional groups attached to an aromatic ring is 1. The average Bonchev–Trinajstić information content (AvgIpc) is 2.38. The zero-order valence-corrected chi connectivity index (χ0v) is 10.3. The zero-order valence-electron chi connectivity index (χ0n) is 10.3. The van der Waals surface area contributed by atoms with Crippen LogP contribution in [0.15, 0.2) is 30.3 Å². The Morgan fingerprint density at radius 3 is 2.39 bits per heavy atom. The van der Waals surface area contributed by atoms with Crippen molar-refractivity contribution in [3.05, 3.63) is 35.9 Å². The number of nitrogens with one attached hydrogen (secondary N) is 1. The Balaban J connectivity index is 2.62. The number of anilines is 1. The SMILES string of the molecule is CC(CO)(CO)NC(=O)/C=C/c1ccc(N)cc1. The maximum absolute atomic E-state index is 11.6. The van der Waals surface area contributed by atoms with E-state index in [9.17, 15) is 4.79 Å². The molecule has 18 heavy (non-hydrogen) atoms. The van der Waals surface area contributed by atoms with Gasteiger partial charge in [0.25, 0.3) is 0 Å². The third kappa shape index (κ3) is 4.20. The molecule has 0 heterocycles. The van der Waals surface area contributed by atoms with Gasteiger partial charge in [-0.15, -0.1) is 0 Å².